The summed E-state index contributed by atoms with van der Waals surface area (Å²) in [5.41, 5.74) is 0. The molecule has 1 radical (unpaired) electrons. The van der Waals surface area contributed by atoms with Crippen LogP contribution in [0.2, 0.25) is 0 Å². The van der Waals surface area contributed by atoms with Gasteiger partial charge in [-0.3, -0.25) is 0 Å². The van der Waals surface area contributed by atoms with Crippen LogP contribution >= 0.6 is 0 Å². The summed E-state index contributed by atoms with van der Waals surface area (Å²) in [6.45, 7) is 4.81. The molecule has 1 heteroatoms. The van der Waals surface area contributed by atoms with Crippen LogP contribution in [0.5, 0.6) is 0 Å². The van der Waals surface area contributed by atoms with E-state index in [2.05, 4.69) is 20.3 Å². The average Bonchev–Trinajstić information content (AvgIpc) is 2.20. The fourth-order valence-corrected chi connectivity index (χ4v) is 1.72. The highest BCUT2D eigenvalue weighted by atomic mass is 16.2. The van der Waals surface area contributed by atoms with Gasteiger partial charge in [-0.25, -0.2) is 0 Å². The van der Waals surface area contributed by atoms with Gasteiger partial charge in [0, 0.05) is 6.61 Å². The van der Waals surface area contributed by atoms with Crippen molar-refractivity contribution in [1.29, 1.82) is 0 Å². The molecule has 0 heterocycles. The Labute approximate surface area is 89.9 Å². The Morgan fingerprint density at radius 3 is 2.36 bits per heavy atom. The van der Waals surface area contributed by atoms with Gasteiger partial charge in [0.1, 0.15) is 0 Å². The Kier molecular flexibility index (Phi) is 11.0. The van der Waals surface area contributed by atoms with Crippen molar-refractivity contribution >= 4 is 0 Å². The topological polar surface area (TPSA) is 20.2 Å². The van der Waals surface area contributed by atoms with Crippen molar-refractivity contribution in [2.45, 2.75) is 65.2 Å². The lowest BCUT2D eigenvalue weighted by atomic mass is 9.98. The smallest absolute Gasteiger partial charge is 0.0433 e. The van der Waals surface area contributed by atoms with Crippen LogP contribution in [0.3, 0.4) is 0 Å². The number of rotatable bonds is 10. The van der Waals surface area contributed by atoms with Crippen LogP contribution in [0.1, 0.15) is 65.2 Å². The van der Waals surface area contributed by atoms with Crippen LogP contribution in [-0.2, 0) is 0 Å². The Morgan fingerprint density at radius 2 is 1.71 bits per heavy atom. The second-order valence-electron chi connectivity index (χ2n) is 4.28. The van der Waals surface area contributed by atoms with E-state index in [0.717, 1.165) is 6.42 Å². The molecule has 0 saturated heterocycles. The normalized spacial score (nSPS) is 13.1. The summed E-state index contributed by atoms with van der Waals surface area (Å²) in [4.78, 5) is 0. The largest absolute Gasteiger partial charge is 0.396 e. The predicted molar refractivity (Wildman–Crippen MR) is 63.2 cm³/mol. The van der Waals surface area contributed by atoms with Gasteiger partial charge in [-0.2, -0.15) is 0 Å². The quantitative estimate of drug-likeness (QED) is 0.528. The van der Waals surface area contributed by atoms with Gasteiger partial charge in [-0.05, 0) is 18.8 Å². The molecule has 1 atom stereocenters. The molecule has 0 aliphatic carbocycles. The van der Waals surface area contributed by atoms with Gasteiger partial charge in [0.05, 0.1) is 0 Å². The lowest BCUT2D eigenvalue weighted by Crippen LogP contribution is -1.97. The SMILES string of the molecule is CCCCCCCCC(C)[CH]CCO. The molecule has 0 rings (SSSR count). The van der Waals surface area contributed by atoms with Crippen molar-refractivity contribution in [2.75, 3.05) is 6.61 Å². The summed E-state index contributed by atoms with van der Waals surface area (Å²) in [6.07, 6.45) is 12.7. The first-order valence-corrected chi connectivity index (χ1v) is 6.25. The van der Waals surface area contributed by atoms with Gasteiger partial charge in [-0.15, -0.1) is 0 Å². The van der Waals surface area contributed by atoms with E-state index < -0.39 is 0 Å². The minimum absolute atomic E-state index is 0.306. The monoisotopic (exact) mass is 199 g/mol. The summed E-state index contributed by atoms with van der Waals surface area (Å²) in [7, 11) is 0. The highest BCUT2D eigenvalue weighted by Gasteiger charge is 2.01. The first kappa shape index (κ1) is 14.0. The lowest BCUT2D eigenvalue weighted by Gasteiger charge is -2.09. The molecule has 0 amide bonds. The third-order valence-electron chi connectivity index (χ3n) is 2.71. The lowest BCUT2D eigenvalue weighted by molar-refractivity contribution is 0.292. The van der Waals surface area contributed by atoms with Gasteiger partial charge in [0.15, 0.2) is 0 Å². The highest BCUT2D eigenvalue weighted by Crippen LogP contribution is 2.14. The molecule has 0 aromatic carbocycles. The molecule has 0 aliphatic rings. The molecule has 1 unspecified atom stereocenters. The summed E-state index contributed by atoms with van der Waals surface area (Å²) in [6, 6.07) is 0. The Morgan fingerprint density at radius 1 is 1.07 bits per heavy atom. The standard InChI is InChI=1S/C13H27O/c1-3-4-5-6-7-8-10-13(2)11-9-12-14/h11,13-14H,3-10,12H2,1-2H3. The van der Waals surface area contributed by atoms with E-state index in [4.69, 9.17) is 5.11 Å². The van der Waals surface area contributed by atoms with Crippen molar-refractivity contribution in [3.63, 3.8) is 0 Å². The zero-order valence-electron chi connectivity index (χ0n) is 9.97. The second-order valence-corrected chi connectivity index (χ2v) is 4.28. The number of unbranched alkanes of at least 4 members (excludes halogenated alkanes) is 5. The Hall–Kier alpha value is -0.0400. The van der Waals surface area contributed by atoms with Gasteiger partial charge in [-0.1, -0.05) is 58.8 Å². The molecule has 85 valence electrons. The number of aliphatic hydroxyl groups excluding tert-OH is 1. The fourth-order valence-electron chi connectivity index (χ4n) is 1.72. The summed E-state index contributed by atoms with van der Waals surface area (Å²) in [5, 5.41) is 8.65. The molecular weight excluding hydrogens is 172 g/mol. The first-order valence-electron chi connectivity index (χ1n) is 6.25. The molecule has 0 fully saturated rings. The molecule has 14 heavy (non-hydrogen) atoms. The van der Waals surface area contributed by atoms with E-state index in [9.17, 15) is 0 Å². The van der Waals surface area contributed by atoms with Crippen molar-refractivity contribution in [2.24, 2.45) is 5.92 Å². The summed E-state index contributed by atoms with van der Waals surface area (Å²) < 4.78 is 0. The third-order valence-corrected chi connectivity index (χ3v) is 2.71. The predicted octanol–water partition coefficient (Wildman–Crippen LogP) is 3.96. The van der Waals surface area contributed by atoms with Crippen molar-refractivity contribution < 1.29 is 5.11 Å². The second kappa shape index (κ2) is 11.0. The zero-order valence-corrected chi connectivity index (χ0v) is 9.97. The third kappa shape index (κ3) is 10.0. The highest BCUT2D eigenvalue weighted by molar-refractivity contribution is 4.71. The van der Waals surface area contributed by atoms with E-state index >= 15 is 0 Å². The van der Waals surface area contributed by atoms with E-state index in [1.165, 1.54) is 44.9 Å². The van der Waals surface area contributed by atoms with Crippen LogP contribution in [0.25, 0.3) is 0 Å². The molecule has 0 spiro atoms. The van der Waals surface area contributed by atoms with Crippen LogP contribution in [0.15, 0.2) is 0 Å². The van der Waals surface area contributed by atoms with Crippen LogP contribution in [0, 0.1) is 12.3 Å². The van der Waals surface area contributed by atoms with Gasteiger partial charge in [0.25, 0.3) is 0 Å². The van der Waals surface area contributed by atoms with Crippen LogP contribution < -0.4 is 0 Å². The average molecular weight is 199 g/mol. The molecule has 0 bridgehead atoms. The molecular formula is C13H27O. The minimum Gasteiger partial charge on any atom is -0.396 e. The molecule has 0 aliphatic heterocycles. The maximum atomic E-state index is 8.65. The Balaban J connectivity index is 3.02. The minimum atomic E-state index is 0.306. The summed E-state index contributed by atoms with van der Waals surface area (Å²) in [5.74, 6) is 0.688. The number of aliphatic hydroxyl groups is 1. The van der Waals surface area contributed by atoms with Crippen LogP contribution in [0.4, 0.5) is 0 Å². The number of hydrogen-bond acceptors (Lipinski definition) is 1. The van der Waals surface area contributed by atoms with Crippen molar-refractivity contribution in [3.05, 3.63) is 6.42 Å². The maximum absolute atomic E-state index is 8.65. The summed E-state index contributed by atoms with van der Waals surface area (Å²) >= 11 is 0. The zero-order chi connectivity index (χ0) is 10.6. The first-order chi connectivity index (χ1) is 6.81. The molecule has 1 N–H and O–H groups in total. The number of hydrogen-bond donors (Lipinski definition) is 1. The van der Waals surface area contributed by atoms with E-state index in [1.54, 1.807) is 0 Å². The maximum Gasteiger partial charge on any atom is 0.0433 e. The Bertz CT molecular complexity index is 101. The van der Waals surface area contributed by atoms with Gasteiger partial charge in [0.2, 0.25) is 0 Å². The van der Waals surface area contributed by atoms with Crippen LogP contribution in [-0.4, -0.2) is 11.7 Å². The van der Waals surface area contributed by atoms with E-state index in [0.29, 0.717) is 12.5 Å². The van der Waals surface area contributed by atoms with Crippen molar-refractivity contribution in [3.8, 4) is 0 Å². The fraction of sp³-hybridized carbons (Fsp3) is 0.923. The van der Waals surface area contributed by atoms with E-state index in [1.807, 2.05) is 0 Å². The van der Waals surface area contributed by atoms with E-state index in [-0.39, 0.29) is 0 Å². The molecule has 0 aromatic rings. The molecule has 0 aromatic heterocycles. The molecule has 1 nitrogen and oxygen atoms in total. The van der Waals surface area contributed by atoms with Gasteiger partial charge >= 0.3 is 0 Å². The molecule has 0 saturated carbocycles. The van der Waals surface area contributed by atoms with Crippen molar-refractivity contribution in [1.82, 2.24) is 0 Å². The van der Waals surface area contributed by atoms with Gasteiger partial charge < -0.3 is 5.11 Å².